The van der Waals surface area contributed by atoms with Crippen molar-refractivity contribution in [1.29, 1.82) is 0 Å². The molecule has 2 aliphatic heterocycles. The molecule has 0 radical (unpaired) electrons. The number of amides is 3. The zero-order valence-electron chi connectivity index (χ0n) is 14.4. The summed E-state index contributed by atoms with van der Waals surface area (Å²) in [6, 6.07) is 13.1. The van der Waals surface area contributed by atoms with Crippen molar-refractivity contribution in [2.24, 2.45) is 5.92 Å². The Kier molecular flexibility index (Phi) is 3.95. The van der Waals surface area contributed by atoms with Gasteiger partial charge in [-0.3, -0.25) is 14.4 Å². The highest BCUT2D eigenvalue weighted by Gasteiger charge is 2.35. The molecule has 2 aromatic rings. The van der Waals surface area contributed by atoms with Gasteiger partial charge in [0, 0.05) is 25.2 Å². The van der Waals surface area contributed by atoms with Crippen LogP contribution in [0.15, 0.2) is 42.5 Å². The smallest absolute Gasteiger partial charge is 0.254 e. The molecule has 2 heterocycles. The Morgan fingerprint density at radius 1 is 1.15 bits per heavy atom. The van der Waals surface area contributed by atoms with E-state index in [9.17, 15) is 14.4 Å². The maximum Gasteiger partial charge on any atom is 0.254 e. The van der Waals surface area contributed by atoms with E-state index in [1.165, 1.54) is 0 Å². The van der Waals surface area contributed by atoms with Crippen LogP contribution in [0.5, 0.6) is 0 Å². The number of nitrogens with zero attached hydrogens (tertiary/aromatic N) is 1. The predicted octanol–water partition coefficient (Wildman–Crippen LogP) is 2.23. The summed E-state index contributed by atoms with van der Waals surface area (Å²) >= 11 is 0. The number of benzene rings is 2. The SMILES string of the molecule is Cc1ccc(N2C[C@H](C(=O)Nc3cccc4c3C(=O)NC4)CC2=O)cc1. The van der Waals surface area contributed by atoms with Crippen LogP contribution >= 0.6 is 0 Å². The first kappa shape index (κ1) is 16.3. The van der Waals surface area contributed by atoms with Crippen molar-refractivity contribution in [3.8, 4) is 0 Å². The molecule has 26 heavy (non-hydrogen) atoms. The molecule has 2 aromatic carbocycles. The summed E-state index contributed by atoms with van der Waals surface area (Å²) in [6.07, 6.45) is 0.168. The van der Waals surface area contributed by atoms with E-state index in [2.05, 4.69) is 10.6 Å². The van der Waals surface area contributed by atoms with Gasteiger partial charge in [0.05, 0.1) is 17.2 Å². The number of carbonyl (C=O) groups excluding carboxylic acids is 3. The summed E-state index contributed by atoms with van der Waals surface area (Å²) in [5.74, 6) is -0.921. The third-order valence-electron chi connectivity index (χ3n) is 4.92. The second-order valence-electron chi connectivity index (χ2n) is 6.75. The minimum Gasteiger partial charge on any atom is -0.348 e. The average Bonchev–Trinajstić information content (AvgIpc) is 3.20. The normalized spacial score (nSPS) is 18.7. The topological polar surface area (TPSA) is 78.5 Å². The Balaban J connectivity index is 1.50. The van der Waals surface area contributed by atoms with Crippen LogP contribution in [0.2, 0.25) is 0 Å². The number of hydrogen-bond donors (Lipinski definition) is 2. The molecule has 1 fully saturated rings. The maximum atomic E-state index is 12.7. The molecule has 2 aliphatic rings. The fourth-order valence-electron chi connectivity index (χ4n) is 3.48. The Labute approximate surface area is 151 Å². The van der Waals surface area contributed by atoms with E-state index in [0.29, 0.717) is 24.3 Å². The molecule has 2 N–H and O–H groups in total. The molecule has 0 saturated carbocycles. The Morgan fingerprint density at radius 2 is 1.92 bits per heavy atom. The molecular weight excluding hydrogens is 330 g/mol. The van der Waals surface area contributed by atoms with Gasteiger partial charge < -0.3 is 15.5 Å². The average molecular weight is 349 g/mol. The fourth-order valence-corrected chi connectivity index (χ4v) is 3.48. The molecular formula is C20H19N3O3. The summed E-state index contributed by atoms with van der Waals surface area (Å²) in [4.78, 5) is 38.6. The van der Waals surface area contributed by atoms with Gasteiger partial charge in [-0.1, -0.05) is 29.8 Å². The van der Waals surface area contributed by atoms with Crippen LogP contribution in [0.25, 0.3) is 0 Å². The van der Waals surface area contributed by atoms with Crippen LogP contribution in [0.4, 0.5) is 11.4 Å². The van der Waals surface area contributed by atoms with Crippen molar-refractivity contribution in [3.05, 3.63) is 59.2 Å². The second kappa shape index (κ2) is 6.29. The fraction of sp³-hybridized carbons (Fsp3) is 0.250. The Bertz CT molecular complexity index is 905. The highest BCUT2D eigenvalue weighted by atomic mass is 16.2. The molecule has 0 bridgehead atoms. The van der Waals surface area contributed by atoms with Gasteiger partial charge in [0.25, 0.3) is 5.91 Å². The molecule has 1 atom stereocenters. The van der Waals surface area contributed by atoms with Crippen LogP contribution < -0.4 is 15.5 Å². The second-order valence-corrected chi connectivity index (χ2v) is 6.75. The van der Waals surface area contributed by atoms with Crippen molar-refractivity contribution in [3.63, 3.8) is 0 Å². The summed E-state index contributed by atoms with van der Waals surface area (Å²) in [5.41, 5.74) is 3.81. The first-order chi connectivity index (χ1) is 12.5. The van der Waals surface area contributed by atoms with E-state index in [1.807, 2.05) is 43.3 Å². The predicted molar refractivity (Wildman–Crippen MR) is 97.9 cm³/mol. The van der Waals surface area contributed by atoms with E-state index in [4.69, 9.17) is 0 Å². The van der Waals surface area contributed by atoms with Crippen molar-refractivity contribution in [1.82, 2.24) is 5.32 Å². The lowest BCUT2D eigenvalue weighted by atomic mass is 10.1. The molecule has 6 heteroatoms. The molecule has 0 aromatic heterocycles. The number of rotatable bonds is 3. The van der Waals surface area contributed by atoms with Gasteiger partial charge in [0.15, 0.2) is 0 Å². The maximum absolute atomic E-state index is 12.7. The first-order valence-corrected chi connectivity index (χ1v) is 8.61. The number of nitrogens with one attached hydrogen (secondary N) is 2. The molecule has 0 aliphatic carbocycles. The van der Waals surface area contributed by atoms with Gasteiger partial charge in [0.2, 0.25) is 11.8 Å². The largest absolute Gasteiger partial charge is 0.348 e. The van der Waals surface area contributed by atoms with E-state index in [1.54, 1.807) is 11.0 Å². The molecule has 0 unspecified atom stereocenters. The number of aryl methyl sites for hydroxylation is 1. The summed E-state index contributed by atoms with van der Waals surface area (Å²) in [7, 11) is 0. The van der Waals surface area contributed by atoms with Crippen LogP contribution in [0, 0.1) is 12.8 Å². The Morgan fingerprint density at radius 3 is 2.69 bits per heavy atom. The summed E-state index contributed by atoms with van der Waals surface area (Å²) in [6.45, 7) is 2.80. The van der Waals surface area contributed by atoms with Gasteiger partial charge in [-0.15, -0.1) is 0 Å². The lowest BCUT2D eigenvalue weighted by molar-refractivity contribution is -0.122. The monoisotopic (exact) mass is 349 g/mol. The standard InChI is InChI=1S/C20H19N3O3/c1-12-5-7-15(8-6-12)23-11-14(9-17(23)24)19(25)22-16-4-2-3-13-10-21-20(26)18(13)16/h2-8,14H,9-11H2,1H3,(H,21,26)(H,22,25)/t14-/m1/s1. The highest BCUT2D eigenvalue weighted by molar-refractivity contribution is 6.08. The number of fused-ring (bicyclic) bond motifs is 1. The molecule has 0 spiro atoms. The van der Waals surface area contributed by atoms with Gasteiger partial charge in [-0.2, -0.15) is 0 Å². The van der Waals surface area contributed by atoms with Crippen LogP contribution in [-0.4, -0.2) is 24.3 Å². The Hall–Kier alpha value is -3.15. The van der Waals surface area contributed by atoms with Gasteiger partial charge in [0.1, 0.15) is 0 Å². The van der Waals surface area contributed by atoms with Gasteiger partial charge >= 0.3 is 0 Å². The quantitative estimate of drug-likeness (QED) is 0.892. The molecule has 6 nitrogen and oxygen atoms in total. The van der Waals surface area contributed by atoms with Crippen LogP contribution in [-0.2, 0) is 16.1 Å². The minimum atomic E-state index is -0.441. The number of anilines is 2. The molecule has 132 valence electrons. The van der Waals surface area contributed by atoms with Crippen LogP contribution in [0.1, 0.15) is 27.9 Å². The van der Waals surface area contributed by atoms with Crippen LogP contribution in [0.3, 0.4) is 0 Å². The number of carbonyl (C=O) groups is 3. The van der Waals surface area contributed by atoms with E-state index < -0.39 is 5.92 Å². The molecule has 1 saturated heterocycles. The summed E-state index contributed by atoms with van der Waals surface area (Å²) in [5, 5.41) is 5.59. The van der Waals surface area contributed by atoms with Crippen molar-refractivity contribution in [2.45, 2.75) is 19.9 Å². The van der Waals surface area contributed by atoms with Crippen molar-refractivity contribution >= 4 is 29.1 Å². The van der Waals surface area contributed by atoms with Crippen molar-refractivity contribution < 1.29 is 14.4 Å². The molecule has 4 rings (SSSR count). The van der Waals surface area contributed by atoms with Gasteiger partial charge in [-0.05, 0) is 30.7 Å². The summed E-state index contributed by atoms with van der Waals surface area (Å²) < 4.78 is 0. The third-order valence-corrected chi connectivity index (χ3v) is 4.92. The molecule has 3 amide bonds. The zero-order chi connectivity index (χ0) is 18.3. The third kappa shape index (κ3) is 2.83. The lowest BCUT2D eigenvalue weighted by Crippen LogP contribution is -2.28. The highest BCUT2D eigenvalue weighted by Crippen LogP contribution is 2.28. The zero-order valence-corrected chi connectivity index (χ0v) is 14.4. The number of hydrogen-bond acceptors (Lipinski definition) is 3. The van der Waals surface area contributed by atoms with E-state index >= 15 is 0 Å². The van der Waals surface area contributed by atoms with E-state index in [-0.39, 0.29) is 24.1 Å². The lowest BCUT2D eigenvalue weighted by Gasteiger charge is -2.17. The van der Waals surface area contributed by atoms with Crippen molar-refractivity contribution in [2.75, 3.05) is 16.8 Å². The van der Waals surface area contributed by atoms with Gasteiger partial charge in [-0.25, -0.2) is 0 Å². The minimum absolute atomic E-state index is 0.0648. The first-order valence-electron chi connectivity index (χ1n) is 8.61. The van der Waals surface area contributed by atoms with E-state index in [0.717, 1.165) is 16.8 Å².